The largest absolute Gasteiger partial charge is 0.466 e. The van der Waals surface area contributed by atoms with Gasteiger partial charge in [-0.3, -0.25) is 0 Å². The average Bonchev–Trinajstić information content (AvgIpc) is 2.48. The van der Waals surface area contributed by atoms with Gasteiger partial charge in [0.15, 0.2) is 5.72 Å². The number of hydrogen-bond acceptors (Lipinski definition) is 4. The van der Waals surface area contributed by atoms with E-state index in [1.54, 1.807) is 12.1 Å². The first-order valence-corrected chi connectivity index (χ1v) is 8.67. The predicted molar refractivity (Wildman–Crippen MR) is 95.3 cm³/mol. The number of aliphatic imine (C=N–C) groups is 1. The topological polar surface area (TPSA) is 33.6 Å². The molecular formula is C17H16ClFN2OS. The normalized spacial score (nSPS) is 15.4. The van der Waals surface area contributed by atoms with E-state index >= 15 is 0 Å². The van der Waals surface area contributed by atoms with Gasteiger partial charge in [0.1, 0.15) is 11.6 Å². The zero-order valence-corrected chi connectivity index (χ0v) is 14.6. The van der Waals surface area contributed by atoms with Gasteiger partial charge in [-0.1, -0.05) is 23.5 Å². The molecule has 2 aromatic carbocycles. The summed E-state index contributed by atoms with van der Waals surface area (Å²) in [6, 6.07) is 10.5. The summed E-state index contributed by atoms with van der Waals surface area (Å²) in [6.45, 7) is 3.77. The summed E-state index contributed by atoms with van der Waals surface area (Å²) in [5, 5.41) is 0.0803. The Morgan fingerprint density at radius 1 is 1.22 bits per heavy atom. The van der Waals surface area contributed by atoms with Gasteiger partial charge in [0.2, 0.25) is 0 Å². The van der Waals surface area contributed by atoms with Crippen LogP contribution in [0.4, 0.5) is 10.1 Å². The monoisotopic (exact) mass is 350 g/mol. The fraction of sp³-hybridized carbons (Fsp3) is 0.235. The molecule has 1 aliphatic rings. The lowest BCUT2D eigenvalue weighted by Crippen LogP contribution is -2.32. The zero-order valence-electron chi connectivity index (χ0n) is 13.0. The molecule has 1 N–H and O–H groups in total. The maximum Gasteiger partial charge on any atom is 0.195 e. The van der Waals surface area contributed by atoms with Gasteiger partial charge in [0.25, 0.3) is 0 Å². The molecule has 0 radical (unpaired) electrons. The van der Waals surface area contributed by atoms with Crippen molar-refractivity contribution in [3.05, 3.63) is 58.4 Å². The molecule has 6 heteroatoms. The van der Waals surface area contributed by atoms with Gasteiger partial charge in [0, 0.05) is 29.1 Å². The Hall–Kier alpha value is -1.72. The molecule has 0 bridgehead atoms. The molecule has 1 aliphatic heterocycles. The SMILES string of the molecule is CSNc1ccc2c(c1)OC(C)(C)N=C2c1ccc(F)c(Cl)c1. The van der Waals surface area contributed by atoms with E-state index in [2.05, 4.69) is 9.71 Å². The molecule has 120 valence electrons. The van der Waals surface area contributed by atoms with E-state index in [4.69, 9.17) is 16.3 Å². The Balaban J connectivity index is 2.12. The number of hydrogen-bond donors (Lipinski definition) is 1. The number of nitrogens with zero attached hydrogens (tertiary/aromatic N) is 1. The zero-order chi connectivity index (χ0) is 16.6. The van der Waals surface area contributed by atoms with Crippen LogP contribution in [-0.2, 0) is 0 Å². The highest BCUT2D eigenvalue weighted by molar-refractivity contribution is 7.99. The lowest BCUT2D eigenvalue weighted by molar-refractivity contribution is 0.115. The Morgan fingerprint density at radius 2 is 2.00 bits per heavy atom. The molecule has 0 amide bonds. The third kappa shape index (κ3) is 3.31. The second-order valence-electron chi connectivity index (χ2n) is 5.66. The summed E-state index contributed by atoms with van der Waals surface area (Å²) in [5.74, 6) is 0.293. The van der Waals surface area contributed by atoms with Gasteiger partial charge in [-0.25, -0.2) is 9.38 Å². The molecule has 0 aliphatic carbocycles. The molecule has 0 saturated carbocycles. The minimum Gasteiger partial charge on any atom is -0.466 e. The summed E-state index contributed by atoms with van der Waals surface area (Å²) in [7, 11) is 0. The number of benzene rings is 2. The van der Waals surface area contributed by atoms with E-state index in [9.17, 15) is 4.39 Å². The standard InChI is InChI=1S/C17H16ClFN2OS/c1-17(2)20-16(10-4-7-14(19)13(18)8-10)12-6-5-11(21-23-3)9-15(12)22-17/h4-9,21H,1-3H3. The van der Waals surface area contributed by atoms with Crippen molar-refractivity contribution in [2.45, 2.75) is 19.6 Å². The van der Waals surface area contributed by atoms with E-state index in [0.29, 0.717) is 0 Å². The second-order valence-corrected chi connectivity index (χ2v) is 6.67. The molecule has 3 rings (SSSR count). The van der Waals surface area contributed by atoms with Crippen molar-refractivity contribution in [3.8, 4) is 5.75 Å². The van der Waals surface area contributed by atoms with Crippen LogP contribution in [0.3, 0.4) is 0 Å². The number of nitrogens with one attached hydrogen (secondary N) is 1. The summed E-state index contributed by atoms with van der Waals surface area (Å²) in [6.07, 6.45) is 1.96. The van der Waals surface area contributed by atoms with Gasteiger partial charge >= 0.3 is 0 Å². The van der Waals surface area contributed by atoms with Crippen LogP contribution < -0.4 is 9.46 Å². The second kappa shape index (κ2) is 6.06. The van der Waals surface area contributed by atoms with Gasteiger partial charge in [0.05, 0.1) is 10.7 Å². The molecule has 0 saturated heterocycles. The molecule has 23 heavy (non-hydrogen) atoms. The van der Waals surface area contributed by atoms with Crippen LogP contribution in [0.2, 0.25) is 5.02 Å². The number of fused-ring (bicyclic) bond motifs is 1. The van der Waals surface area contributed by atoms with E-state index in [1.165, 1.54) is 18.0 Å². The quantitative estimate of drug-likeness (QED) is 0.778. The van der Waals surface area contributed by atoms with E-state index in [0.717, 1.165) is 28.3 Å². The van der Waals surface area contributed by atoms with Crippen LogP contribution in [-0.4, -0.2) is 17.7 Å². The van der Waals surface area contributed by atoms with Crippen molar-refractivity contribution >= 4 is 34.9 Å². The van der Waals surface area contributed by atoms with Crippen LogP contribution in [0.25, 0.3) is 0 Å². The minimum atomic E-state index is -0.707. The third-order valence-corrected chi connectivity index (χ3v) is 4.12. The molecule has 0 unspecified atom stereocenters. The third-order valence-electron chi connectivity index (χ3n) is 3.39. The maximum atomic E-state index is 13.4. The van der Waals surface area contributed by atoms with Crippen LogP contribution in [0.15, 0.2) is 41.4 Å². The maximum absolute atomic E-state index is 13.4. The van der Waals surface area contributed by atoms with Crippen molar-refractivity contribution in [2.75, 3.05) is 11.0 Å². The van der Waals surface area contributed by atoms with Crippen LogP contribution >= 0.6 is 23.5 Å². The number of ether oxygens (including phenoxy) is 1. The molecule has 0 spiro atoms. The molecule has 0 aromatic heterocycles. The fourth-order valence-corrected chi connectivity index (χ4v) is 3.01. The van der Waals surface area contributed by atoms with Gasteiger partial charge < -0.3 is 9.46 Å². The first kappa shape index (κ1) is 16.1. The summed E-state index contributed by atoms with van der Waals surface area (Å²) in [5.41, 5.74) is 2.61. The lowest BCUT2D eigenvalue weighted by atomic mass is 9.98. The first-order chi connectivity index (χ1) is 10.9. The Kier molecular flexibility index (Phi) is 4.25. The predicted octanol–water partition coefficient (Wildman–Crippen LogP) is 5.13. The highest BCUT2D eigenvalue weighted by atomic mass is 35.5. The first-order valence-electron chi connectivity index (χ1n) is 7.07. The lowest BCUT2D eigenvalue weighted by Gasteiger charge is -2.30. The molecule has 2 aromatic rings. The van der Waals surface area contributed by atoms with Gasteiger partial charge in [-0.15, -0.1) is 0 Å². The molecule has 0 atom stereocenters. The summed E-state index contributed by atoms with van der Waals surface area (Å²) in [4.78, 5) is 4.66. The summed E-state index contributed by atoms with van der Waals surface area (Å²) < 4.78 is 22.6. The van der Waals surface area contributed by atoms with Crippen LogP contribution in [0.5, 0.6) is 5.75 Å². The number of rotatable bonds is 3. The summed E-state index contributed by atoms with van der Waals surface area (Å²) >= 11 is 7.43. The molecule has 0 fully saturated rings. The highest BCUT2D eigenvalue weighted by Gasteiger charge is 2.29. The van der Waals surface area contributed by atoms with Crippen LogP contribution in [0, 0.1) is 5.82 Å². The molecular weight excluding hydrogens is 335 g/mol. The fourth-order valence-electron chi connectivity index (χ4n) is 2.47. The van der Waals surface area contributed by atoms with E-state index in [-0.39, 0.29) is 5.02 Å². The number of halogens is 2. The highest BCUT2D eigenvalue weighted by Crippen LogP contribution is 2.35. The Labute approximate surface area is 144 Å². The number of anilines is 1. The molecule has 3 nitrogen and oxygen atoms in total. The van der Waals surface area contributed by atoms with E-state index in [1.807, 2.05) is 38.3 Å². The van der Waals surface area contributed by atoms with E-state index < -0.39 is 11.5 Å². The van der Waals surface area contributed by atoms with Crippen molar-refractivity contribution < 1.29 is 9.13 Å². The Bertz CT molecular complexity index is 792. The van der Waals surface area contributed by atoms with Crippen molar-refractivity contribution in [1.29, 1.82) is 0 Å². The van der Waals surface area contributed by atoms with Crippen molar-refractivity contribution in [1.82, 2.24) is 0 Å². The van der Waals surface area contributed by atoms with Crippen molar-refractivity contribution in [3.63, 3.8) is 0 Å². The smallest absolute Gasteiger partial charge is 0.195 e. The van der Waals surface area contributed by atoms with Gasteiger partial charge in [-0.2, -0.15) is 0 Å². The average molecular weight is 351 g/mol. The van der Waals surface area contributed by atoms with Crippen molar-refractivity contribution in [2.24, 2.45) is 4.99 Å². The van der Waals surface area contributed by atoms with Gasteiger partial charge in [-0.05, 0) is 44.2 Å². The van der Waals surface area contributed by atoms with Crippen LogP contribution in [0.1, 0.15) is 25.0 Å². The Morgan fingerprint density at radius 3 is 2.70 bits per heavy atom. The minimum absolute atomic E-state index is 0.0803. The molecule has 1 heterocycles.